The summed E-state index contributed by atoms with van der Waals surface area (Å²) < 4.78 is 32.6. The molecule has 0 aliphatic carbocycles. The van der Waals surface area contributed by atoms with E-state index >= 15 is 0 Å². The number of rotatable bonds is 5. The average molecular weight is 294 g/mol. The van der Waals surface area contributed by atoms with Crippen LogP contribution in [-0.4, -0.2) is 13.6 Å². The molecule has 0 amide bonds. The van der Waals surface area contributed by atoms with E-state index < -0.39 is 10.0 Å². The first-order valence-corrected chi connectivity index (χ1v) is 7.94. The van der Waals surface area contributed by atoms with Crippen LogP contribution in [0.3, 0.4) is 0 Å². The molecule has 0 aliphatic heterocycles. The third kappa shape index (κ3) is 2.91. The first kappa shape index (κ1) is 14.7. The van der Waals surface area contributed by atoms with Crippen molar-refractivity contribution in [2.24, 2.45) is 0 Å². The number of hydrogen-bond acceptors (Lipinski definition) is 4. The smallest absolute Gasteiger partial charge is 0.246 e. The molecule has 5 nitrogen and oxygen atoms in total. The molecule has 0 saturated heterocycles. The van der Waals surface area contributed by atoms with E-state index in [-0.39, 0.29) is 10.9 Å². The second-order valence-corrected chi connectivity index (χ2v) is 6.30. The van der Waals surface area contributed by atoms with Crippen molar-refractivity contribution in [3.05, 3.63) is 47.3 Å². The van der Waals surface area contributed by atoms with Gasteiger partial charge >= 0.3 is 0 Å². The summed E-state index contributed by atoms with van der Waals surface area (Å²) in [7, 11) is -3.64. The maximum absolute atomic E-state index is 12.5. The fourth-order valence-corrected chi connectivity index (χ4v) is 3.81. The minimum atomic E-state index is -3.64. The molecule has 1 N–H and O–H groups in total. The SMILES string of the molecule is CC[C@H](NS(=O)(=O)c1c(C)noc1C)c1ccccc1. The molecule has 1 aromatic heterocycles. The Morgan fingerprint density at radius 1 is 1.25 bits per heavy atom. The minimum absolute atomic E-state index is 0.131. The van der Waals surface area contributed by atoms with Gasteiger partial charge in [0, 0.05) is 6.04 Å². The third-order valence-corrected chi connectivity index (χ3v) is 4.86. The van der Waals surface area contributed by atoms with Crippen molar-refractivity contribution in [1.29, 1.82) is 0 Å². The molecule has 0 unspecified atom stereocenters. The Balaban J connectivity index is 2.32. The van der Waals surface area contributed by atoms with E-state index in [1.807, 2.05) is 37.3 Å². The Morgan fingerprint density at radius 2 is 1.90 bits per heavy atom. The van der Waals surface area contributed by atoms with Gasteiger partial charge in [-0.2, -0.15) is 0 Å². The van der Waals surface area contributed by atoms with Gasteiger partial charge in [0.15, 0.2) is 5.76 Å². The molecule has 1 atom stereocenters. The molecule has 0 spiro atoms. The molecular formula is C14H18N2O3S. The molecule has 0 fully saturated rings. The lowest BCUT2D eigenvalue weighted by atomic mass is 10.1. The normalized spacial score (nSPS) is 13.3. The molecule has 1 heterocycles. The predicted octanol–water partition coefficient (Wildman–Crippen LogP) is 2.72. The van der Waals surface area contributed by atoms with Gasteiger partial charge in [0.2, 0.25) is 10.0 Å². The number of nitrogens with zero attached hydrogens (tertiary/aromatic N) is 1. The van der Waals surface area contributed by atoms with Gasteiger partial charge in [0.25, 0.3) is 0 Å². The number of nitrogens with one attached hydrogen (secondary N) is 1. The summed E-state index contributed by atoms with van der Waals surface area (Å²) in [5.74, 6) is 0.304. The van der Waals surface area contributed by atoms with Crippen molar-refractivity contribution in [3.8, 4) is 0 Å². The van der Waals surface area contributed by atoms with Crippen LogP contribution in [-0.2, 0) is 10.0 Å². The molecule has 2 rings (SSSR count). The monoisotopic (exact) mass is 294 g/mol. The first-order valence-electron chi connectivity index (χ1n) is 6.46. The van der Waals surface area contributed by atoms with Gasteiger partial charge in [0.05, 0.1) is 0 Å². The molecule has 6 heteroatoms. The van der Waals surface area contributed by atoms with Crippen molar-refractivity contribution in [2.45, 2.75) is 38.1 Å². The Bertz CT molecular complexity index is 658. The average Bonchev–Trinajstić information content (AvgIpc) is 2.77. The second kappa shape index (κ2) is 5.76. The van der Waals surface area contributed by atoms with Gasteiger partial charge < -0.3 is 4.52 Å². The third-order valence-electron chi connectivity index (χ3n) is 3.14. The maximum Gasteiger partial charge on any atom is 0.246 e. The molecule has 1 aromatic carbocycles. The summed E-state index contributed by atoms with van der Waals surface area (Å²) in [6, 6.07) is 9.23. The van der Waals surface area contributed by atoms with Gasteiger partial charge in [-0.05, 0) is 25.8 Å². The van der Waals surface area contributed by atoms with Crippen LogP contribution in [0.5, 0.6) is 0 Å². The zero-order chi connectivity index (χ0) is 14.8. The molecule has 2 aromatic rings. The van der Waals surface area contributed by atoms with Crippen LogP contribution in [0.25, 0.3) is 0 Å². The van der Waals surface area contributed by atoms with Crippen LogP contribution < -0.4 is 4.72 Å². The lowest BCUT2D eigenvalue weighted by Gasteiger charge is -2.17. The maximum atomic E-state index is 12.5. The molecule has 108 valence electrons. The van der Waals surface area contributed by atoms with E-state index in [1.54, 1.807) is 13.8 Å². The molecule has 0 saturated carbocycles. The van der Waals surface area contributed by atoms with Gasteiger partial charge in [-0.25, -0.2) is 13.1 Å². The summed E-state index contributed by atoms with van der Waals surface area (Å²) in [4.78, 5) is 0.131. The molecular weight excluding hydrogens is 276 g/mol. The topological polar surface area (TPSA) is 72.2 Å². The number of sulfonamides is 1. The van der Waals surface area contributed by atoms with Crippen molar-refractivity contribution in [1.82, 2.24) is 9.88 Å². The summed E-state index contributed by atoms with van der Waals surface area (Å²) in [5.41, 5.74) is 1.31. The van der Waals surface area contributed by atoms with E-state index in [9.17, 15) is 8.42 Å². The zero-order valence-corrected chi connectivity index (χ0v) is 12.6. The van der Waals surface area contributed by atoms with Crippen LogP contribution in [0.1, 0.15) is 36.4 Å². The van der Waals surface area contributed by atoms with Crippen LogP contribution in [0.15, 0.2) is 39.8 Å². The van der Waals surface area contributed by atoms with Crippen LogP contribution in [0.2, 0.25) is 0 Å². The number of hydrogen-bond donors (Lipinski definition) is 1. The number of benzene rings is 1. The predicted molar refractivity (Wildman–Crippen MR) is 75.8 cm³/mol. The summed E-state index contributed by atoms with van der Waals surface area (Å²) in [5, 5.41) is 3.69. The van der Waals surface area contributed by atoms with Crippen LogP contribution >= 0.6 is 0 Å². The van der Waals surface area contributed by atoms with E-state index in [4.69, 9.17) is 4.52 Å². The van der Waals surface area contributed by atoms with Crippen molar-refractivity contribution < 1.29 is 12.9 Å². The highest BCUT2D eigenvalue weighted by Gasteiger charge is 2.26. The zero-order valence-electron chi connectivity index (χ0n) is 11.8. The Hall–Kier alpha value is -1.66. The largest absolute Gasteiger partial charge is 0.360 e. The van der Waals surface area contributed by atoms with E-state index in [1.165, 1.54) is 0 Å². The molecule has 0 radical (unpaired) electrons. The highest BCUT2D eigenvalue weighted by molar-refractivity contribution is 7.89. The van der Waals surface area contributed by atoms with E-state index in [2.05, 4.69) is 9.88 Å². The lowest BCUT2D eigenvalue weighted by Crippen LogP contribution is -2.29. The van der Waals surface area contributed by atoms with E-state index in [0.29, 0.717) is 17.9 Å². The van der Waals surface area contributed by atoms with Crippen molar-refractivity contribution >= 4 is 10.0 Å². The Kier molecular flexibility index (Phi) is 4.25. The second-order valence-electron chi connectivity index (χ2n) is 4.65. The summed E-state index contributed by atoms with van der Waals surface area (Å²) in [6.45, 7) is 5.15. The van der Waals surface area contributed by atoms with Crippen molar-refractivity contribution in [2.75, 3.05) is 0 Å². The fourth-order valence-electron chi connectivity index (χ4n) is 2.18. The van der Waals surface area contributed by atoms with Gasteiger partial charge in [-0.3, -0.25) is 0 Å². The Morgan fingerprint density at radius 3 is 2.40 bits per heavy atom. The quantitative estimate of drug-likeness (QED) is 0.920. The van der Waals surface area contributed by atoms with Crippen LogP contribution in [0, 0.1) is 13.8 Å². The van der Waals surface area contributed by atoms with E-state index in [0.717, 1.165) is 5.56 Å². The summed E-state index contributed by atoms with van der Waals surface area (Å²) in [6.07, 6.45) is 0.659. The first-order chi connectivity index (χ1) is 9.45. The van der Waals surface area contributed by atoms with Gasteiger partial charge in [0.1, 0.15) is 10.6 Å². The summed E-state index contributed by atoms with van der Waals surface area (Å²) >= 11 is 0. The lowest BCUT2D eigenvalue weighted by molar-refractivity contribution is 0.390. The molecule has 0 aliphatic rings. The van der Waals surface area contributed by atoms with Crippen LogP contribution in [0.4, 0.5) is 0 Å². The number of aromatic nitrogens is 1. The van der Waals surface area contributed by atoms with Gasteiger partial charge in [-0.15, -0.1) is 0 Å². The fraction of sp³-hybridized carbons (Fsp3) is 0.357. The number of aryl methyl sites for hydroxylation is 2. The molecule has 0 bridgehead atoms. The highest BCUT2D eigenvalue weighted by atomic mass is 32.2. The minimum Gasteiger partial charge on any atom is -0.360 e. The Labute approximate surface area is 119 Å². The standard InChI is InChI=1S/C14H18N2O3S/c1-4-13(12-8-6-5-7-9-12)16-20(17,18)14-10(2)15-19-11(14)3/h5-9,13,16H,4H2,1-3H3/t13-/m0/s1. The van der Waals surface area contributed by atoms with Crippen molar-refractivity contribution in [3.63, 3.8) is 0 Å². The molecule has 20 heavy (non-hydrogen) atoms. The highest BCUT2D eigenvalue weighted by Crippen LogP contribution is 2.23. The van der Waals surface area contributed by atoms with Gasteiger partial charge in [-0.1, -0.05) is 42.4 Å².